The van der Waals surface area contributed by atoms with E-state index in [1.165, 1.54) is 6.42 Å². The largest absolute Gasteiger partial charge is 0.356 e. The molecule has 0 N–H and O–H groups in total. The molecule has 0 bridgehead atoms. The van der Waals surface area contributed by atoms with Crippen LogP contribution in [0.5, 0.6) is 0 Å². The lowest BCUT2D eigenvalue weighted by molar-refractivity contribution is 0.609. The normalized spacial score (nSPS) is 16.0. The fourth-order valence-electron chi connectivity index (χ4n) is 1.25. The van der Waals surface area contributed by atoms with E-state index in [2.05, 4.69) is 37.9 Å². The maximum atomic E-state index is 4.47. The monoisotopic (exact) mass is 226 g/mol. The fourth-order valence-corrected chi connectivity index (χ4v) is 1.47. The Bertz CT molecular complexity index is 295. The van der Waals surface area contributed by atoms with Crippen molar-refractivity contribution in [2.24, 2.45) is 0 Å². The summed E-state index contributed by atoms with van der Waals surface area (Å²) in [4.78, 5) is 6.76. The zero-order chi connectivity index (χ0) is 8.55. The van der Waals surface area contributed by atoms with E-state index >= 15 is 0 Å². The van der Waals surface area contributed by atoms with E-state index in [9.17, 15) is 0 Å². The Kier molecular flexibility index (Phi) is 2.05. The minimum atomic E-state index is 1.07. The average molecular weight is 227 g/mol. The van der Waals surface area contributed by atoms with Gasteiger partial charge in [0.05, 0.1) is 5.69 Å². The number of anilines is 1. The Morgan fingerprint density at radius 2 is 2.17 bits per heavy atom. The highest BCUT2D eigenvalue weighted by molar-refractivity contribution is 9.10. The lowest BCUT2D eigenvalue weighted by Gasteiger charge is -2.32. The molecule has 2 rings (SSSR count). The predicted octanol–water partition coefficient (Wildman–Crippen LogP) is 2.36. The van der Waals surface area contributed by atoms with Gasteiger partial charge in [0.15, 0.2) is 0 Å². The van der Waals surface area contributed by atoms with Crippen LogP contribution in [-0.2, 0) is 0 Å². The molecule has 64 valence electrons. The number of aryl methyl sites for hydroxylation is 1. The molecular formula is C9H11BrN2. The van der Waals surface area contributed by atoms with Crippen molar-refractivity contribution in [3.05, 3.63) is 22.3 Å². The Balaban J connectivity index is 2.27. The van der Waals surface area contributed by atoms with E-state index in [0.29, 0.717) is 0 Å². The van der Waals surface area contributed by atoms with Crippen molar-refractivity contribution in [1.82, 2.24) is 4.98 Å². The van der Waals surface area contributed by atoms with Gasteiger partial charge in [0, 0.05) is 17.6 Å². The molecule has 3 heteroatoms. The second-order valence-corrected chi connectivity index (χ2v) is 3.93. The Hall–Kier alpha value is -0.570. The number of rotatable bonds is 1. The first-order chi connectivity index (χ1) is 5.77. The molecule has 0 unspecified atom stereocenters. The van der Waals surface area contributed by atoms with Crippen LogP contribution in [0.3, 0.4) is 0 Å². The lowest BCUT2D eigenvalue weighted by Crippen LogP contribution is -2.37. The van der Waals surface area contributed by atoms with Crippen molar-refractivity contribution in [3.63, 3.8) is 0 Å². The number of hydrogen-bond donors (Lipinski definition) is 0. The minimum absolute atomic E-state index is 1.07. The molecule has 0 spiro atoms. The van der Waals surface area contributed by atoms with Gasteiger partial charge in [0.1, 0.15) is 5.82 Å². The molecule has 0 aliphatic carbocycles. The second-order valence-electron chi connectivity index (χ2n) is 3.08. The molecule has 1 aliphatic heterocycles. The van der Waals surface area contributed by atoms with E-state index in [1.807, 2.05) is 6.92 Å². The van der Waals surface area contributed by atoms with Crippen molar-refractivity contribution >= 4 is 21.7 Å². The van der Waals surface area contributed by atoms with Gasteiger partial charge >= 0.3 is 0 Å². The minimum Gasteiger partial charge on any atom is -0.356 e. The molecule has 1 aromatic heterocycles. The highest BCUT2D eigenvalue weighted by atomic mass is 79.9. The van der Waals surface area contributed by atoms with Crippen molar-refractivity contribution in [2.75, 3.05) is 18.0 Å². The first kappa shape index (κ1) is 8.05. The predicted molar refractivity (Wildman–Crippen MR) is 53.5 cm³/mol. The maximum absolute atomic E-state index is 4.47. The first-order valence-corrected chi connectivity index (χ1v) is 4.95. The molecule has 0 atom stereocenters. The van der Waals surface area contributed by atoms with Gasteiger partial charge in [0.25, 0.3) is 0 Å². The summed E-state index contributed by atoms with van der Waals surface area (Å²) in [7, 11) is 0. The summed E-state index contributed by atoms with van der Waals surface area (Å²) < 4.78 is 1.09. The van der Waals surface area contributed by atoms with Gasteiger partial charge in [-0.15, -0.1) is 0 Å². The summed E-state index contributed by atoms with van der Waals surface area (Å²) >= 11 is 3.44. The molecule has 2 nitrogen and oxygen atoms in total. The van der Waals surface area contributed by atoms with Crippen LogP contribution in [0.2, 0.25) is 0 Å². The third-order valence-electron chi connectivity index (χ3n) is 2.19. The van der Waals surface area contributed by atoms with Crippen LogP contribution in [0.4, 0.5) is 5.82 Å². The van der Waals surface area contributed by atoms with E-state index in [-0.39, 0.29) is 0 Å². The first-order valence-electron chi connectivity index (χ1n) is 4.15. The molecule has 1 aliphatic rings. The Morgan fingerprint density at radius 3 is 2.67 bits per heavy atom. The summed E-state index contributed by atoms with van der Waals surface area (Å²) in [6, 6.07) is 4.13. The van der Waals surface area contributed by atoms with E-state index in [4.69, 9.17) is 0 Å². The number of pyridine rings is 1. The third-order valence-corrected chi connectivity index (χ3v) is 3.02. The van der Waals surface area contributed by atoms with Crippen LogP contribution in [0, 0.1) is 6.92 Å². The standard InChI is InChI=1S/C9H11BrN2/c1-7-8(10)3-4-9(11-7)12-5-2-6-12/h3-4H,2,5-6H2,1H3. The molecule has 0 aromatic carbocycles. The van der Waals surface area contributed by atoms with Crippen molar-refractivity contribution < 1.29 is 0 Å². The third kappa shape index (κ3) is 1.33. The second kappa shape index (κ2) is 3.05. The van der Waals surface area contributed by atoms with E-state index in [1.54, 1.807) is 0 Å². The molecule has 0 amide bonds. The molecule has 0 radical (unpaired) electrons. The highest BCUT2D eigenvalue weighted by Gasteiger charge is 2.15. The summed E-state index contributed by atoms with van der Waals surface area (Å²) in [5.74, 6) is 1.11. The van der Waals surface area contributed by atoms with Crippen molar-refractivity contribution in [3.8, 4) is 0 Å². The van der Waals surface area contributed by atoms with Gasteiger partial charge in [-0.25, -0.2) is 4.98 Å². The van der Waals surface area contributed by atoms with E-state index < -0.39 is 0 Å². The van der Waals surface area contributed by atoms with Crippen LogP contribution in [-0.4, -0.2) is 18.1 Å². The van der Waals surface area contributed by atoms with Crippen LogP contribution in [0.15, 0.2) is 16.6 Å². The molecular weight excluding hydrogens is 216 g/mol. The summed E-state index contributed by atoms with van der Waals surface area (Å²) in [6.07, 6.45) is 1.30. The lowest BCUT2D eigenvalue weighted by atomic mass is 10.2. The van der Waals surface area contributed by atoms with Crippen LogP contribution < -0.4 is 4.90 Å². The zero-order valence-electron chi connectivity index (χ0n) is 7.05. The molecule has 1 fully saturated rings. The molecule has 1 aromatic rings. The quantitative estimate of drug-likeness (QED) is 0.732. The van der Waals surface area contributed by atoms with Gasteiger partial charge in [-0.1, -0.05) is 0 Å². The van der Waals surface area contributed by atoms with Crippen molar-refractivity contribution in [2.45, 2.75) is 13.3 Å². The number of nitrogens with zero attached hydrogens (tertiary/aromatic N) is 2. The Labute approximate surface area is 80.7 Å². The number of aromatic nitrogens is 1. The smallest absolute Gasteiger partial charge is 0.128 e. The van der Waals surface area contributed by atoms with Crippen LogP contribution >= 0.6 is 15.9 Å². The Morgan fingerprint density at radius 1 is 1.42 bits per heavy atom. The van der Waals surface area contributed by atoms with Crippen LogP contribution in [0.1, 0.15) is 12.1 Å². The number of hydrogen-bond acceptors (Lipinski definition) is 2. The highest BCUT2D eigenvalue weighted by Crippen LogP contribution is 2.22. The topological polar surface area (TPSA) is 16.1 Å². The van der Waals surface area contributed by atoms with Gasteiger partial charge in [-0.3, -0.25) is 0 Å². The molecule has 12 heavy (non-hydrogen) atoms. The number of halogens is 1. The van der Waals surface area contributed by atoms with Crippen molar-refractivity contribution in [1.29, 1.82) is 0 Å². The maximum Gasteiger partial charge on any atom is 0.128 e. The summed E-state index contributed by atoms with van der Waals surface area (Å²) in [5.41, 5.74) is 1.07. The molecule has 1 saturated heterocycles. The summed E-state index contributed by atoms with van der Waals surface area (Å²) in [5, 5.41) is 0. The van der Waals surface area contributed by atoms with Gasteiger partial charge in [-0.2, -0.15) is 0 Å². The van der Waals surface area contributed by atoms with Gasteiger partial charge in [-0.05, 0) is 41.4 Å². The van der Waals surface area contributed by atoms with Gasteiger partial charge < -0.3 is 4.90 Å². The van der Waals surface area contributed by atoms with E-state index in [0.717, 1.165) is 29.1 Å². The molecule has 2 heterocycles. The fraction of sp³-hybridized carbons (Fsp3) is 0.444. The van der Waals surface area contributed by atoms with Gasteiger partial charge in [0.2, 0.25) is 0 Å². The van der Waals surface area contributed by atoms with Crippen LogP contribution in [0.25, 0.3) is 0 Å². The zero-order valence-corrected chi connectivity index (χ0v) is 8.63. The average Bonchev–Trinajstić information content (AvgIpc) is 1.93. The SMILES string of the molecule is Cc1nc(N2CCC2)ccc1Br. The molecule has 0 saturated carbocycles. The summed E-state index contributed by atoms with van der Waals surface area (Å²) in [6.45, 7) is 4.34.